The number of H-pyrrole nitrogens is 1. The van der Waals surface area contributed by atoms with Crippen LogP contribution in [0.4, 0.5) is 0 Å². The monoisotopic (exact) mass is 249 g/mol. The Balaban J connectivity index is 2.21. The lowest BCUT2D eigenvalue weighted by molar-refractivity contribution is -0.159. The zero-order valence-electron chi connectivity index (χ0n) is 9.96. The van der Waals surface area contributed by atoms with E-state index in [4.69, 9.17) is 0 Å². The number of fused-ring (bicyclic) bond motifs is 1. The molecule has 5 heteroatoms. The molecule has 0 radical (unpaired) electrons. The Bertz CT molecular complexity index is 549. The smallest absolute Gasteiger partial charge is 0.338 e. The minimum absolute atomic E-state index is 0.166. The summed E-state index contributed by atoms with van der Waals surface area (Å²) in [4.78, 5) is 14.4. The van der Waals surface area contributed by atoms with E-state index in [-0.39, 0.29) is 6.61 Å². The fourth-order valence-electron chi connectivity index (χ4n) is 1.79. The molecule has 2 unspecified atom stereocenters. The Morgan fingerprint density at radius 3 is 2.89 bits per heavy atom. The molecular weight excluding hydrogens is 234 g/mol. The van der Waals surface area contributed by atoms with E-state index in [2.05, 4.69) is 9.72 Å². The predicted molar refractivity (Wildman–Crippen MR) is 65.9 cm³/mol. The molecule has 2 rings (SSSR count). The first-order valence-corrected chi connectivity index (χ1v) is 5.73. The molecule has 0 aliphatic carbocycles. The van der Waals surface area contributed by atoms with E-state index in [1.165, 1.54) is 0 Å². The summed E-state index contributed by atoms with van der Waals surface area (Å²) < 4.78 is 4.66. The number of ether oxygens (including phenoxy) is 1. The van der Waals surface area contributed by atoms with Gasteiger partial charge in [-0.3, -0.25) is 0 Å². The van der Waals surface area contributed by atoms with Crippen molar-refractivity contribution < 1.29 is 19.7 Å². The fraction of sp³-hybridized carbons (Fsp3) is 0.308. The van der Waals surface area contributed by atoms with Crippen LogP contribution in [0.2, 0.25) is 0 Å². The van der Waals surface area contributed by atoms with Gasteiger partial charge in [-0.05, 0) is 36.1 Å². The largest absolute Gasteiger partial charge is 0.464 e. The number of rotatable bonds is 4. The topological polar surface area (TPSA) is 82.6 Å². The second kappa shape index (κ2) is 5.20. The summed E-state index contributed by atoms with van der Waals surface area (Å²) in [6, 6.07) is 7.01. The fourth-order valence-corrected chi connectivity index (χ4v) is 1.79. The Hall–Kier alpha value is -1.85. The van der Waals surface area contributed by atoms with E-state index in [0.717, 1.165) is 10.9 Å². The van der Waals surface area contributed by atoms with Crippen molar-refractivity contribution in [2.75, 3.05) is 6.61 Å². The molecule has 0 aliphatic rings. The quantitative estimate of drug-likeness (QED) is 0.709. The molecule has 1 aromatic heterocycles. The van der Waals surface area contributed by atoms with Crippen molar-refractivity contribution in [3.63, 3.8) is 0 Å². The van der Waals surface area contributed by atoms with Crippen LogP contribution < -0.4 is 0 Å². The number of aromatic nitrogens is 1. The Kier molecular flexibility index (Phi) is 3.64. The van der Waals surface area contributed by atoms with Crippen molar-refractivity contribution >= 4 is 16.9 Å². The maximum atomic E-state index is 11.3. The first kappa shape index (κ1) is 12.6. The Morgan fingerprint density at radius 1 is 1.39 bits per heavy atom. The van der Waals surface area contributed by atoms with E-state index in [9.17, 15) is 15.0 Å². The lowest BCUT2D eigenvalue weighted by Gasteiger charge is -2.16. The van der Waals surface area contributed by atoms with Crippen LogP contribution in [0.3, 0.4) is 0 Å². The number of carbonyl (C=O) groups is 1. The lowest BCUT2D eigenvalue weighted by Crippen LogP contribution is -2.29. The van der Waals surface area contributed by atoms with Crippen LogP contribution in [0.25, 0.3) is 10.9 Å². The van der Waals surface area contributed by atoms with Crippen molar-refractivity contribution in [2.24, 2.45) is 0 Å². The molecule has 2 atom stereocenters. The number of hydrogen-bond donors (Lipinski definition) is 3. The van der Waals surface area contributed by atoms with E-state index in [0.29, 0.717) is 5.56 Å². The van der Waals surface area contributed by atoms with Crippen LogP contribution in [0, 0.1) is 0 Å². The molecule has 0 saturated carbocycles. The number of aliphatic hydroxyl groups excluding tert-OH is 2. The average Bonchev–Trinajstić information content (AvgIpc) is 2.84. The highest BCUT2D eigenvalue weighted by Crippen LogP contribution is 2.22. The average molecular weight is 249 g/mol. The normalized spacial score (nSPS) is 14.4. The molecule has 3 N–H and O–H groups in total. The SMILES string of the molecule is CCOC(=O)C(O)C(O)c1ccc2[nH]ccc2c1. The van der Waals surface area contributed by atoms with Crippen molar-refractivity contribution in [2.45, 2.75) is 19.1 Å². The van der Waals surface area contributed by atoms with Gasteiger partial charge in [0.2, 0.25) is 0 Å². The number of aliphatic hydroxyl groups is 2. The van der Waals surface area contributed by atoms with Crippen LogP contribution in [0.15, 0.2) is 30.5 Å². The third kappa shape index (κ3) is 2.37. The number of nitrogens with one attached hydrogen (secondary N) is 1. The van der Waals surface area contributed by atoms with Crippen LogP contribution in [0.5, 0.6) is 0 Å². The summed E-state index contributed by atoms with van der Waals surface area (Å²) in [5, 5.41) is 20.5. The number of aromatic amines is 1. The standard InChI is InChI=1S/C13H15NO4/c1-2-18-13(17)12(16)11(15)9-3-4-10-8(7-9)5-6-14-10/h3-7,11-12,14-16H,2H2,1H3. The van der Waals surface area contributed by atoms with Crippen molar-refractivity contribution in [3.05, 3.63) is 36.0 Å². The summed E-state index contributed by atoms with van der Waals surface area (Å²) in [5.74, 6) is -0.820. The van der Waals surface area contributed by atoms with Gasteiger partial charge in [0, 0.05) is 11.7 Å². The maximum Gasteiger partial charge on any atom is 0.338 e. The lowest BCUT2D eigenvalue weighted by atomic mass is 10.0. The highest BCUT2D eigenvalue weighted by Gasteiger charge is 2.26. The van der Waals surface area contributed by atoms with Gasteiger partial charge in [0.25, 0.3) is 0 Å². The third-order valence-electron chi connectivity index (χ3n) is 2.75. The van der Waals surface area contributed by atoms with Gasteiger partial charge >= 0.3 is 5.97 Å². The summed E-state index contributed by atoms with van der Waals surface area (Å²) in [6.07, 6.45) is -1.08. The van der Waals surface area contributed by atoms with Gasteiger partial charge in [0.1, 0.15) is 6.10 Å². The molecule has 0 aliphatic heterocycles. The van der Waals surface area contributed by atoms with Gasteiger partial charge in [0.15, 0.2) is 6.10 Å². The molecule has 18 heavy (non-hydrogen) atoms. The van der Waals surface area contributed by atoms with Crippen molar-refractivity contribution in [3.8, 4) is 0 Å². The zero-order chi connectivity index (χ0) is 13.1. The molecule has 0 amide bonds. The van der Waals surface area contributed by atoms with Gasteiger partial charge in [-0.2, -0.15) is 0 Å². The number of benzene rings is 1. The Labute approximate surface area is 104 Å². The Morgan fingerprint density at radius 2 is 2.17 bits per heavy atom. The summed E-state index contributed by atoms with van der Waals surface area (Å²) >= 11 is 0. The molecular formula is C13H15NO4. The van der Waals surface area contributed by atoms with E-state index < -0.39 is 18.2 Å². The summed E-state index contributed by atoms with van der Waals surface area (Å²) in [5.41, 5.74) is 1.40. The minimum Gasteiger partial charge on any atom is -0.464 e. The predicted octanol–water partition coefficient (Wildman–Crippen LogP) is 1.13. The van der Waals surface area contributed by atoms with E-state index in [1.54, 1.807) is 31.3 Å². The molecule has 0 fully saturated rings. The van der Waals surface area contributed by atoms with Gasteiger partial charge < -0.3 is 19.9 Å². The first-order chi connectivity index (χ1) is 8.63. The minimum atomic E-state index is -1.57. The van der Waals surface area contributed by atoms with E-state index in [1.807, 2.05) is 6.07 Å². The molecule has 1 aromatic carbocycles. The molecule has 1 heterocycles. The van der Waals surface area contributed by atoms with E-state index >= 15 is 0 Å². The molecule has 0 bridgehead atoms. The molecule has 96 valence electrons. The van der Waals surface area contributed by atoms with Gasteiger partial charge in [-0.1, -0.05) is 6.07 Å². The second-order valence-corrected chi connectivity index (χ2v) is 3.97. The molecule has 2 aromatic rings. The maximum absolute atomic E-state index is 11.3. The second-order valence-electron chi connectivity index (χ2n) is 3.97. The summed E-state index contributed by atoms with van der Waals surface area (Å²) in [6.45, 7) is 1.81. The highest BCUT2D eigenvalue weighted by molar-refractivity contribution is 5.81. The third-order valence-corrected chi connectivity index (χ3v) is 2.75. The summed E-state index contributed by atoms with van der Waals surface area (Å²) in [7, 11) is 0. The van der Waals surface area contributed by atoms with Gasteiger partial charge in [-0.25, -0.2) is 4.79 Å². The van der Waals surface area contributed by atoms with Crippen molar-refractivity contribution in [1.29, 1.82) is 0 Å². The zero-order valence-corrected chi connectivity index (χ0v) is 9.96. The van der Waals surface area contributed by atoms with Crippen LogP contribution in [-0.4, -0.2) is 33.9 Å². The number of carbonyl (C=O) groups excluding carboxylic acids is 1. The highest BCUT2D eigenvalue weighted by atomic mass is 16.5. The molecule has 0 saturated heterocycles. The van der Waals surface area contributed by atoms with Crippen molar-refractivity contribution in [1.82, 2.24) is 4.98 Å². The van der Waals surface area contributed by atoms with Gasteiger partial charge in [-0.15, -0.1) is 0 Å². The number of hydrogen-bond acceptors (Lipinski definition) is 4. The van der Waals surface area contributed by atoms with Gasteiger partial charge in [0.05, 0.1) is 6.61 Å². The van der Waals surface area contributed by atoms with Crippen LogP contribution in [0.1, 0.15) is 18.6 Å². The molecule has 5 nitrogen and oxygen atoms in total. The first-order valence-electron chi connectivity index (χ1n) is 5.73. The molecule has 0 spiro atoms. The van der Waals surface area contributed by atoms with Crippen LogP contribution in [-0.2, 0) is 9.53 Å². The van der Waals surface area contributed by atoms with Crippen LogP contribution >= 0.6 is 0 Å². The number of esters is 1.